The van der Waals surface area contributed by atoms with E-state index in [9.17, 15) is 14.7 Å². The summed E-state index contributed by atoms with van der Waals surface area (Å²) < 4.78 is 5.03. The van der Waals surface area contributed by atoms with Gasteiger partial charge in [-0.05, 0) is 36.4 Å². The zero-order valence-electron chi connectivity index (χ0n) is 13.3. The van der Waals surface area contributed by atoms with Gasteiger partial charge < -0.3 is 25.3 Å². The Morgan fingerprint density at radius 2 is 2.00 bits per heavy atom. The number of amides is 1. The number of anilines is 1. The lowest BCUT2D eigenvalue weighted by atomic mass is 10.2. The molecule has 126 valence electrons. The van der Waals surface area contributed by atoms with E-state index in [1.165, 1.54) is 5.32 Å². The SMILES string of the molecule is COc1ccc(NC(=O)C[C@H]([NH2+]Cc2ccccn2)C(=O)[O-])cc1. The molecule has 0 saturated carbocycles. The molecule has 7 heteroatoms. The number of methoxy groups -OCH3 is 1. The minimum Gasteiger partial charge on any atom is -0.544 e. The van der Waals surface area contributed by atoms with Crippen LogP contribution in [0, 0.1) is 0 Å². The number of pyridine rings is 1. The number of rotatable bonds is 8. The molecule has 2 aromatic rings. The fourth-order valence-electron chi connectivity index (χ4n) is 2.13. The lowest BCUT2D eigenvalue weighted by Gasteiger charge is -2.16. The summed E-state index contributed by atoms with van der Waals surface area (Å²) in [5.74, 6) is -1.01. The van der Waals surface area contributed by atoms with Crippen LogP contribution in [0.5, 0.6) is 5.75 Å². The third-order valence-electron chi connectivity index (χ3n) is 3.42. The Labute approximate surface area is 139 Å². The van der Waals surface area contributed by atoms with Gasteiger partial charge in [0, 0.05) is 11.9 Å². The second-order valence-electron chi connectivity index (χ2n) is 5.17. The molecule has 7 nitrogen and oxygen atoms in total. The van der Waals surface area contributed by atoms with E-state index in [1.54, 1.807) is 49.7 Å². The number of hydrogen-bond acceptors (Lipinski definition) is 5. The van der Waals surface area contributed by atoms with Crippen LogP contribution in [0.15, 0.2) is 48.7 Å². The molecule has 0 radical (unpaired) electrons. The molecule has 2 rings (SSSR count). The van der Waals surface area contributed by atoms with Crippen molar-refractivity contribution in [3.63, 3.8) is 0 Å². The zero-order valence-corrected chi connectivity index (χ0v) is 13.3. The quantitative estimate of drug-likeness (QED) is 0.666. The smallest absolute Gasteiger partial charge is 0.230 e. The van der Waals surface area contributed by atoms with E-state index in [2.05, 4.69) is 10.3 Å². The van der Waals surface area contributed by atoms with Crippen molar-refractivity contribution in [1.82, 2.24) is 4.98 Å². The van der Waals surface area contributed by atoms with E-state index in [1.807, 2.05) is 6.07 Å². The van der Waals surface area contributed by atoms with Crippen LogP contribution in [0.4, 0.5) is 5.69 Å². The van der Waals surface area contributed by atoms with Gasteiger partial charge in [-0.2, -0.15) is 0 Å². The Bertz CT molecular complexity index is 674. The van der Waals surface area contributed by atoms with Crippen molar-refractivity contribution in [1.29, 1.82) is 0 Å². The van der Waals surface area contributed by atoms with E-state index in [0.29, 0.717) is 18.0 Å². The van der Waals surface area contributed by atoms with Crippen molar-refractivity contribution in [2.75, 3.05) is 12.4 Å². The normalized spacial score (nSPS) is 11.5. The van der Waals surface area contributed by atoms with Crippen LogP contribution < -0.4 is 20.5 Å². The van der Waals surface area contributed by atoms with Gasteiger partial charge in [0.25, 0.3) is 0 Å². The first-order valence-electron chi connectivity index (χ1n) is 7.46. The minimum absolute atomic E-state index is 0.193. The largest absolute Gasteiger partial charge is 0.544 e. The van der Waals surface area contributed by atoms with Crippen molar-refractivity contribution < 1.29 is 24.7 Å². The first-order chi connectivity index (χ1) is 11.6. The number of carbonyl (C=O) groups is 2. The second-order valence-corrected chi connectivity index (χ2v) is 5.17. The fraction of sp³-hybridized carbons (Fsp3) is 0.235. The summed E-state index contributed by atoms with van der Waals surface area (Å²) >= 11 is 0. The highest BCUT2D eigenvalue weighted by Gasteiger charge is 2.18. The Hall–Kier alpha value is -2.93. The van der Waals surface area contributed by atoms with E-state index >= 15 is 0 Å². The number of ether oxygens (including phenoxy) is 1. The summed E-state index contributed by atoms with van der Waals surface area (Å²) in [6.07, 6.45) is 1.44. The lowest BCUT2D eigenvalue weighted by Crippen LogP contribution is -2.92. The number of aliphatic carboxylic acids is 1. The first-order valence-corrected chi connectivity index (χ1v) is 7.46. The molecule has 0 aliphatic rings. The third-order valence-corrected chi connectivity index (χ3v) is 3.42. The Morgan fingerprint density at radius 1 is 1.25 bits per heavy atom. The molecule has 1 amide bonds. The maximum Gasteiger partial charge on any atom is 0.230 e. The molecule has 1 aromatic heterocycles. The third kappa shape index (κ3) is 5.36. The van der Waals surface area contributed by atoms with Crippen LogP contribution in [0.25, 0.3) is 0 Å². The molecule has 24 heavy (non-hydrogen) atoms. The molecule has 0 aliphatic carbocycles. The predicted molar refractivity (Wildman–Crippen MR) is 84.9 cm³/mol. The van der Waals surface area contributed by atoms with Crippen molar-refractivity contribution >= 4 is 17.6 Å². The number of hydrogen-bond donors (Lipinski definition) is 2. The molecule has 0 fully saturated rings. The van der Waals surface area contributed by atoms with E-state index in [-0.39, 0.29) is 6.42 Å². The topological polar surface area (TPSA) is 108 Å². The van der Waals surface area contributed by atoms with Crippen LogP contribution in [-0.4, -0.2) is 30.0 Å². The number of carbonyl (C=O) groups excluding carboxylic acids is 2. The van der Waals surface area contributed by atoms with Gasteiger partial charge in [0.05, 0.1) is 25.2 Å². The van der Waals surface area contributed by atoms with Gasteiger partial charge in [0.2, 0.25) is 5.91 Å². The van der Waals surface area contributed by atoms with Crippen LogP contribution in [0.1, 0.15) is 12.1 Å². The number of nitrogens with one attached hydrogen (secondary N) is 1. The zero-order chi connectivity index (χ0) is 17.4. The van der Waals surface area contributed by atoms with E-state index < -0.39 is 17.9 Å². The van der Waals surface area contributed by atoms with Crippen molar-refractivity contribution in [2.24, 2.45) is 0 Å². The molecule has 0 spiro atoms. The summed E-state index contributed by atoms with van der Waals surface area (Å²) in [6.45, 7) is 0.356. The number of quaternary nitrogens is 1. The van der Waals surface area contributed by atoms with Gasteiger partial charge in [-0.1, -0.05) is 6.07 Å². The molecular weight excluding hydrogens is 310 g/mol. The highest BCUT2D eigenvalue weighted by atomic mass is 16.5. The predicted octanol–water partition coefficient (Wildman–Crippen LogP) is -0.699. The molecule has 1 aromatic carbocycles. The molecule has 3 N–H and O–H groups in total. The van der Waals surface area contributed by atoms with Gasteiger partial charge >= 0.3 is 0 Å². The number of carboxylic acids is 1. The van der Waals surface area contributed by atoms with E-state index in [0.717, 1.165) is 5.69 Å². The molecule has 0 aliphatic heterocycles. The van der Waals surface area contributed by atoms with Crippen LogP contribution in [-0.2, 0) is 16.1 Å². The van der Waals surface area contributed by atoms with Gasteiger partial charge in [0.15, 0.2) is 0 Å². The molecule has 0 bridgehead atoms. The van der Waals surface area contributed by atoms with Crippen molar-refractivity contribution in [2.45, 2.75) is 19.0 Å². The first kappa shape index (κ1) is 17.4. The maximum atomic E-state index is 12.0. The maximum absolute atomic E-state index is 12.0. The number of nitrogens with zero attached hydrogens (tertiary/aromatic N) is 1. The van der Waals surface area contributed by atoms with Gasteiger partial charge in [-0.3, -0.25) is 9.78 Å². The Kier molecular flexibility index (Phi) is 6.27. The molecule has 1 heterocycles. The van der Waals surface area contributed by atoms with Gasteiger partial charge in [0.1, 0.15) is 18.3 Å². The van der Waals surface area contributed by atoms with Crippen LogP contribution in [0.2, 0.25) is 0 Å². The second kappa shape index (κ2) is 8.64. The number of nitrogens with two attached hydrogens (primary N) is 1. The monoisotopic (exact) mass is 329 g/mol. The summed E-state index contributed by atoms with van der Waals surface area (Å²) in [5, 5.41) is 15.4. The lowest BCUT2D eigenvalue weighted by molar-refractivity contribution is -0.697. The van der Waals surface area contributed by atoms with Crippen molar-refractivity contribution in [3.05, 3.63) is 54.4 Å². The number of aromatic nitrogens is 1. The fourth-order valence-corrected chi connectivity index (χ4v) is 2.13. The Morgan fingerprint density at radius 3 is 2.58 bits per heavy atom. The standard InChI is InChI=1S/C17H19N3O4/c1-24-14-7-5-12(6-8-14)20-16(21)10-15(17(22)23)19-11-13-4-2-3-9-18-13/h2-9,15,19H,10-11H2,1H3,(H,20,21)(H,22,23)/t15-/m0/s1. The summed E-state index contributed by atoms with van der Waals surface area (Å²) in [7, 11) is 1.55. The number of benzene rings is 1. The number of carboxylic acid groups (broad SMARTS) is 1. The van der Waals surface area contributed by atoms with Crippen LogP contribution in [0.3, 0.4) is 0 Å². The summed E-state index contributed by atoms with van der Waals surface area (Å²) in [4.78, 5) is 27.4. The van der Waals surface area contributed by atoms with Gasteiger partial charge in [-0.15, -0.1) is 0 Å². The summed E-state index contributed by atoms with van der Waals surface area (Å²) in [5.41, 5.74) is 1.31. The summed E-state index contributed by atoms with van der Waals surface area (Å²) in [6, 6.07) is 11.2. The average Bonchev–Trinajstić information content (AvgIpc) is 2.60. The molecular formula is C17H19N3O4. The van der Waals surface area contributed by atoms with Crippen LogP contribution >= 0.6 is 0 Å². The molecule has 1 atom stereocenters. The van der Waals surface area contributed by atoms with E-state index in [4.69, 9.17) is 4.74 Å². The van der Waals surface area contributed by atoms with Gasteiger partial charge in [-0.25, -0.2) is 0 Å². The Balaban J connectivity index is 1.89. The van der Waals surface area contributed by atoms with Crippen molar-refractivity contribution in [3.8, 4) is 5.75 Å². The average molecular weight is 329 g/mol. The minimum atomic E-state index is -1.28. The molecule has 0 saturated heterocycles. The molecule has 0 unspecified atom stereocenters. The highest BCUT2D eigenvalue weighted by Crippen LogP contribution is 2.15. The highest BCUT2D eigenvalue weighted by molar-refractivity contribution is 5.93.